The van der Waals surface area contributed by atoms with Gasteiger partial charge in [0.1, 0.15) is 0 Å². The van der Waals surface area contributed by atoms with E-state index < -0.39 is 0 Å². The predicted molar refractivity (Wildman–Crippen MR) is 65.3 cm³/mol. The number of allylic oxidation sites excluding steroid dienone is 2. The van der Waals surface area contributed by atoms with E-state index in [1.165, 1.54) is 16.8 Å². The van der Waals surface area contributed by atoms with Crippen LogP contribution >= 0.6 is 15.9 Å². The first-order valence-electron chi connectivity index (χ1n) is 4.50. The average molecular weight is 250 g/mol. The van der Waals surface area contributed by atoms with Gasteiger partial charge in [0.15, 0.2) is 0 Å². The smallest absolute Gasteiger partial charge is 0.0495 e. The normalized spacial score (nSPS) is 15.2. The van der Waals surface area contributed by atoms with Crippen molar-refractivity contribution in [2.45, 2.75) is 6.92 Å². The molecule has 0 spiro atoms. The number of benzene rings is 1. The highest BCUT2D eigenvalue weighted by molar-refractivity contribution is 9.10. The molecule has 0 atom stereocenters. The second-order valence-corrected chi connectivity index (χ2v) is 4.45. The molecule has 72 valence electrons. The lowest BCUT2D eigenvalue weighted by molar-refractivity contribution is 1.12. The van der Waals surface area contributed by atoms with Gasteiger partial charge in [0.05, 0.1) is 0 Å². The van der Waals surface area contributed by atoms with Gasteiger partial charge in [0.2, 0.25) is 0 Å². The summed E-state index contributed by atoms with van der Waals surface area (Å²) in [6, 6.07) is 6.32. The number of anilines is 1. The number of likely N-dealkylation sites (N-methyl/N-ethyl adjacent to an activating group) is 1. The second kappa shape index (κ2) is 3.28. The minimum Gasteiger partial charge on any atom is -0.345 e. The van der Waals surface area contributed by atoms with Gasteiger partial charge < -0.3 is 4.90 Å². The Morgan fingerprint density at radius 3 is 2.79 bits per heavy atom. The van der Waals surface area contributed by atoms with Crippen LogP contribution in [0.15, 0.2) is 41.0 Å². The van der Waals surface area contributed by atoms with E-state index in [2.05, 4.69) is 58.6 Å². The molecule has 1 heterocycles. The van der Waals surface area contributed by atoms with E-state index in [4.69, 9.17) is 0 Å². The highest BCUT2D eigenvalue weighted by Crippen LogP contribution is 2.35. The van der Waals surface area contributed by atoms with Crippen molar-refractivity contribution in [3.63, 3.8) is 0 Å². The van der Waals surface area contributed by atoms with E-state index in [9.17, 15) is 0 Å². The minimum atomic E-state index is 1.04. The fraction of sp³-hybridized carbons (Fsp3) is 0.167. The van der Waals surface area contributed by atoms with E-state index in [1.807, 2.05) is 7.05 Å². The van der Waals surface area contributed by atoms with Crippen molar-refractivity contribution < 1.29 is 0 Å². The lowest BCUT2D eigenvalue weighted by Gasteiger charge is -2.28. The van der Waals surface area contributed by atoms with E-state index in [0.29, 0.717) is 0 Å². The monoisotopic (exact) mass is 249 g/mol. The molecule has 1 aromatic rings. The summed E-state index contributed by atoms with van der Waals surface area (Å²) in [5, 5.41) is 0. The van der Waals surface area contributed by atoms with Crippen LogP contribution in [-0.4, -0.2) is 7.05 Å². The van der Waals surface area contributed by atoms with Gasteiger partial charge in [-0.3, -0.25) is 0 Å². The van der Waals surface area contributed by atoms with Crippen LogP contribution in [0.1, 0.15) is 12.5 Å². The van der Waals surface area contributed by atoms with Crippen molar-refractivity contribution in [3.05, 3.63) is 46.6 Å². The first-order valence-corrected chi connectivity index (χ1v) is 5.30. The molecule has 0 N–H and O–H groups in total. The van der Waals surface area contributed by atoms with Gasteiger partial charge in [-0.1, -0.05) is 28.6 Å². The first-order chi connectivity index (χ1) is 6.59. The van der Waals surface area contributed by atoms with E-state index in [0.717, 1.165) is 10.2 Å². The topological polar surface area (TPSA) is 3.24 Å². The summed E-state index contributed by atoms with van der Waals surface area (Å²) >= 11 is 3.48. The molecule has 0 fully saturated rings. The van der Waals surface area contributed by atoms with Gasteiger partial charge in [0, 0.05) is 28.5 Å². The van der Waals surface area contributed by atoms with Gasteiger partial charge in [-0.2, -0.15) is 0 Å². The van der Waals surface area contributed by atoms with Gasteiger partial charge in [-0.15, -0.1) is 0 Å². The lowest BCUT2D eigenvalue weighted by atomic mass is 10.00. The van der Waals surface area contributed by atoms with Crippen LogP contribution in [0.4, 0.5) is 5.69 Å². The number of hydrogen-bond acceptors (Lipinski definition) is 1. The molecule has 14 heavy (non-hydrogen) atoms. The van der Waals surface area contributed by atoms with E-state index in [-0.39, 0.29) is 0 Å². The highest BCUT2D eigenvalue weighted by Gasteiger charge is 2.15. The fourth-order valence-corrected chi connectivity index (χ4v) is 2.04. The molecule has 0 unspecified atom stereocenters. The van der Waals surface area contributed by atoms with Crippen LogP contribution < -0.4 is 4.90 Å². The summed E-state index contributed by atoms with van der Waals surface area (Å²) in [6.45, 7) is 6.12. The molecule has 0 bridgehead atoms. The van der Waals surface area contributed by atoms with Gasteiger partial charge in [0.25, 0.3) is 0 Å². The summed E-state index contributed by atoms with van der Waals surface area (Å²) in [7, 11) is 2.04. The molecule has 1 aliphatic heterocycles. The third-order valence-electron chi connectivity index (χ3n) is 2.56. The van der Waals surface area contributed by atoms with Crippen molar-refractivity contribution in [2.24, 2.45) is 0 Å². The molecule has 0 saturated heterocycles. The SMILES string of the molecule is C=C1C=C(C)c2ccc(Br)cc2N1C. The molecule has 1 aliphatic rings. The maximum absolute atomic E-state index is 4.01. The third kappa shape index (κ3) is 1.40. The number of hydrogen-bond donors (Lipinski definition) is 0. The predicted octanol–water partition coefficient (Wildman–Crippen LogP) is 3.82. The van der Waals surface area contributed by atoms with Gasteiger partial charge in [-0.25, -0.2) is 0 Å². The zero-order valence-electron chi connectivity index (χ0n) is 8.34. The summed E-state index contributed by atoms with van der Waals surface area (Å²) < 4.78 is 1.10. The van der Waals surface area contributed by atoms with Gasteiger partial charge in [-0.05, 0) is 30.7 Å². The number of rotatable bonds is 0. The molecule has 0 saturated carbocycles. The molecule has 0 aliphatic carbocycles. The molecular formula is C12H12BrN. The number of halogens is 1. The van der Waals surface area contributed by atoms with E-state index >= 15 is 0 Å². The van der Waals surface area contributed by atoms with Crippen molar-refractivity contribution in [1.82, 2.24) is 0 Å². The molecular weight excluding hydrogens is 238 g/mol. The van der Waals surface area contributed by atoms with Crippen molar-refractivity contribution in [2.75, 3.05) is 11.9 Å². The minimum absolute atomic E-state index is 1.04. The highest BCUT2D eigenvalue weighted by atomic mass is 79.9. The van der Waals surface area contributed by atoms with Crippen molar-refractivity contribution in [1.29, 1.82) is 0 Å². The Morgan fingerprint density at radius 2 is 2.07 bits per heavy atom. The third-order valence-corrected chi connectivity index (χ3v) is 3.05. The summed E-state index contributed by atoms with van der Waals surface area (Å²) in [5.41, 5.74) is 4.80. The molecule has 2 heteroatoms. The summed E-state index contributed by atoms with van der Waals surface area (Å²) in [4.78, 5) is 2.10. The zero-order chi connectivity index (χ0) is 10.3. The quantitative estimate of drug-likeness (QED) is 0.676. The Balaban J connectivity index is 2.66. The fourth-order valence-electron chi connectivity index (χ4n) is 1.69. The van der Waals surface area contributed by atoms with Crippen molar-refractivity contribution in [3.8, 4) is 0 Å². The Morgan fingerprint density at radius 1 is 1.36 bits per heavy atom. The molecule has 0 aromatic heterocycles. The molecule has 2 rings (SSSR count). The van der Waals surface area contributed by atoms with E-state index in [1.54, 1.807) is 0 Å². The molecule has 0 amide bonds. The maximum atomic E-state index is 4.01. The van der Waals surface area contributed by atoms with Crippen LogP contribution in [0.2, 0.25) is 0 Å². The molecule has 1 aromatic carbocycles. The van der Waals surface area contributed by atoms with Crippen LogP contribution in [-0.2, 0) is 0 Å². The zero-order valence-corrected chi connectivity index (χ0v) is 9.93. The standard InChI is InChI=1S/C12H12BrN/c1-8-6-9(2)14(3)12-7-10(13)4-5-11(8)12/h4-7H,2H2,1,3H3. The summed E-state index contributed by atoms with van der Waals surface area (Å²) in [6.07, 6.45) is 2.11. The van der Waals surface area contributed by atoms with Crippen LogP contribution in [0.25, 0.3) is 5.57 Å². The van der Waals surface area contributed by atoms with Crippen molar-refractivity contribution >= 4 is 27.2 Å². The molecule has 1 nitrogen and oxygen atoms in total. The van der Waals surface area contributed by atoms with Crippen LogP contribution in [0.3, 0.4) is 0 Å². The Labute approximate surface area is 92.9 Å². The Bertz CT molecular complexity index is 432. The Kier molecular flexibility index (Phi) is 2.23. The molecule has 0 radical (unpaired) electrons. The largest absolute Gasteiger partial charge is 0.345 e. The lowest BCUT2D eigenvalue weighted by Crippen LogP contribution is -2.18. The summed E-state index contributed by atoms with van der Waals surface area (Å²) in [5.74, 6) is 0. The number of nitrogens with zero attached hydrogens (tertiary/aromatic N) is 1. The Hall–Kier alpha value is -1.02. The number of fused-ring (bicyclic) bond motifs is 1. The first kappa shape index (κ1) is 9.53. The van der Waals surface area contributed by atoms with Crippen LogP contribution in [0.5, 0.6) is 0 Å². The van der Waals surface area contributed by atoms with Gasteiger partial charge >= 0.3 is 0 Å². The van der Waals surface area contributed by atoms with Crippen LogP contribution in [0, 0.1) is 0 Å². The average Bonchev–Trinajstić information content (AvgIpc) is 2.14. The second-order valence-electron chi connectivity index (χ2n) is 3.54. The maximum Gasteiger partial charge on any atom is 0.0495 e.